The Labute approximate surface area is 122 Å². The molecule has 1 N–H and O–H groups in total. The smallest absolute Gasteiger partial charge is 0.0862 e. The molecule has 0 radical (unpaired) electrons. The van der Waals surface area contributed by atoms with E-state index in [1.807, 2.05) is 13.1 Å². The number of aliphatic hydroxyl groups is 1. The minimum absolute atomic E-state index is 0.233. The molecule has 0 amide bonds. The Balaban J connectivity index is 1.85. The molecule has 0 bridgehead atoms. The molecule has 2 heterocycles. The minimum Gasteiger partial charge on any atom is -0.390 e. The van der Waals surface area contributed by atoms with Crippen LogP contribution in [0.3, 0.4) is 0 Å². The van der Waals surface area contributed by atoms with Crippen LogP contribution in [-0.4, -0.2) is 57.7 Å². The molecule has 1 aromatic heterocycles. The van der Waals surface area contributed by atoms with Crippen LogP contribution in [-0.2, 0) is 11.3 Å². The first kappa shape index (κ1) is 15.0. The fourth-order valence-electron chi connectivity index (χ4n) is 2.59. The summed E-state index contributed by atoms with van der Waals surface area (Å²) in [5.74, 6) is 0. The van der Waals surface area contributed by atoms with E-state index in [2.05, 4.69) is 39.8 Å². The second kappa shape index (κ2) is 6.35. The van der Waals surface area contributed by atoms with Crippen molar-refractivity contribution in [3.63, 3.8) is 0 Å². The van der Waals surface area contributed by atoms with E-state index in [-0.39, 0.29) is 12.2 Å². The average molecular weight is 332 g/mol. The zero-order chi connectivity index (χ0) is 14.0. The molecule has 2 rings (SSSR count). The summed E-state index contributed by atoms with van der Waals surface area (Å²) in [5.41, 5.74) is 0.945. The lowest BCUT2D eigenvalue weighted by Gasteiger charge is -2.36. The minimum atomic E-state index is -0.413. The number of halogens is 1. The van der Waals surface area contributed by atoms with E-state index >= 15 is 0 Å². The number of β-amino-alcohol motifs (C(OH)–C–C–N with tert-alkyl or cyclic N) is 1. The van der Waals surface area contributed by atoms with Gasteiger partial charge in [0.15, 0.2) is 0 Å². The topological polar surface area (TPSA) is 50.5 Å². The number of ether oxygens (including phenoxy) is 1. The van der Waals surface area contributed by atoms with Gasteiger partial charge in [-0.15, -0.1) is 0 Å². The van der Waals surface area contributed by atoms with Crippen LogP contribution in [0.4, 0.5) is 0 Å². The number of nitrogens with zero attached hydrogens (tertiary/aromatic N) is 3. The van der Waals surface area contributed by atoms with Crippen LogP contribution in [0, 0.1) is 6.92 Å². The molecule has 1 aromatic rings. The molecule has 1 fully saturated rings. The molecule has 0 aliphatic carbocycles. The molecule has 0 spiro atoms. The van der Waals surface area contributed by atoms with Crippen molar-refractivity contribution in [2.24, 2.45) is 0 Å². The van der Waals surface area contributed by atoms with Crippen molar-refractivity contribution in [3.05, 3.63) is 16.4 Å². The van der Waals surface area contributed by atoms with E-state index in [1.165, 1.54) is 0 Å². The van der Waals surface area contributed by atoms with Crippen LogP contribution in [0.15, 0.2) is 10.7 Å². The van der Waals surface area contributed by atoms with Gasteiger partial charge in [-0.3, -0.25) is 9.58 Å². The summed E-state index contributed by atoms with van der Waals surface area (Å²) in [6, 6.07) is 0. The Morgan fingerprint density at radius 3 is 2.58 bits per heavy atom. The van der Waals surface area contributed by atoms with Crippen LogP contribution in [0.1, 0.15) is 19.5 Å². The predicted octanol–water partition coefficient (Wildman–Crippen LogP) is 1.42. The highest BCUT2D eigenvalue weighted by Crippen LogP contribution is 2.14. The Kier molecular flexibility index (Phi) is 5.00. The van der Waals surface area contributed by atoms with Crippen LogP contribution < -0.4 is 0 Å². The number of aryl methyl sites for hydroxylation is 1. The summed E-state index contributed by atoms with van der Waals surface area (Å²) in [5, 5.41) is 14.5. The third-order valence-corrected chi connectivity index (χ3v) is 4.03. The second-order valence-corrected chi connectivity index (χ2v) is 6.27. The first-order valence-electron chi connectivity index (χ1n) is 6.69. The van der Waals surface area contributed by atoms with Gasteiger partial charge in [-0.05, 0) is 36.7 Å². The summed E-state index contributed by atoms with van der Waals surface area (Å²) in [6.07, 6.45) is 1.96. The molecule has 0 saturated carbocycles. The maximum Gasteiger partial charge on any atom is 0.0862 e. The Hall–Kier alpha value is -0.430. The zero-order valence-corrected chi connectivity index (χ0v) is 13.3. The molecule has 5 nitrogen and oxygen atoms in total. The molecule has 6 heteroatoms. The van der Waals surface area contributed by atoms with Crippen molar-refractivity contribution in [1.82, 2.24) is 14.7 Å². The van der Waals surface area contributed by atoms with E-state index in [9.17, 15) is 5.11 Å². The van der Waals surface area contributed by atoms with Gasteiger partial charge in [-0.1, -0.05) is 0 Å². The molecule has 19 heavy (non-hydrogen) atoms. The standard InChI is InChI=1S/C13H22BrN3O2/c1-9-4-16(5-10(2)19-9)6-12(18)7-17-8-13(14)11(3)15-17/h8-10,12,18H,4-7H2,1-3H3. The van der Waals surface area contributed by atoms with Gasteiger partial charge in [-0.2, -0.15) is 5.10 Å². The first-order chi connectivity index (χ1) is 8.94. The van der Waals surface area contributed by atoms with E-state index in [0.717, 1.165) is 23.3 Å². The average Bonchev–Trinajstić information content (AvgIpc) is 2.55. The lowest BCUT2D eigenvalue weighted by Crippen LogP contribution is -2.48. The van der Waals surface area contributed by atoms with Crippen molar-refractivity contribution in [1.29, 1.82) is 0 Å². The molecule has 108 valence electrons. The van der Waals surface area contributed by atoms with Crippen molar-refractivity contribution < 1.29 is 9.84 Å². The highest BCUT2D eigenvalue weighted by atomic mass is 79.9. The van der Waals surface area contributed by atoms with Gasteiger partial charge >= 0.3 is 0 Å². The fourth-order valence-corrected chi connectivity index (χ4v) is 2.91. The highest BCUT2D eigenvalue weighted by Gasteiger charge is 2.24. The predicted molar refractivity (Wildman–Crippen MR) is 77.1 cm³/mol. The summed E-state index contributed by atoms with van der Waals surface area (Å²) < 4.78 is 8.46. The summed E-state index contributed by atoms with van der Waals surface area (Å²) >= 11 is 3.43. The van der Waals surface area contributed by atoms with Gasteiger partial charge < -0.3 is 9.84 Å². The molecule has 1 saturated heterocycles. The van der Waals surface area contributed by atoms with Crippen LogP contribution in [0.25, 0.3) is 0 Å². The molecular weight excluding hydrogens is 310 g/mol. The van der Waals surface area contributed by atoms with Crippen molar-refractivity contribution >= 4 is 15.9 Å². The fraction of sp³-hybridized carbons (Fsp3) is 0.769. The highest BCUT2D eigenvalue weighted by molar-refractivity contribution is 9.10. The van der Waals surface area contributed by atoms with Crippen molar-refractivity contribution in [2.45, 2.75) is 45.6 Å². The molecule has 3 unspecified atom stereocenters. The van der Waals surface area contributed by atoms with E-state index in [0.29, 0.717) is 13.1 Å². The maximum atomic E-state index is 10.2. The normalized spacial score (nSPS) is 26.6. The molecule has 0 aromatic carbocycles. The Bertz CT molecular complexity index is 395. The van der Waals surface area contributed by atoms with Crippen molar-refractivity contribution in [2.75, 3.05) is 19.6 Å². The van der Waals surface area contributed by atoms with Gasteiger partial charge in [0.05, 0.1) is 35.0 Å². The van der Waals surface area contributed by atoms with E-state index in [1.54, 1.807) is 4.68 Å². The van der Waals surface area contributed by atoms with E-state index < -0.39 is 6.10 Å². The zero-order valence-electron chi connectivity index (χ0n) is 11.7. The second-order valence-electron chi connectivity index (χ2n) is 5.41. The summed E-state index contributed by atoms with van der Waals surface area (Å²) in [7, 11) is 0. The third-order valence-electron chi connectivity index (χ3n) is 3.25. The lowest BCUT2D eigenvalue weighted by molar-refractivity contribution is -0.0774. The van der Waals surface area contributed by atoms with Gasteiger partial charge in [0.2, 0.25) is 0 Å². The lowest BCUT2D eigenvalue weighted by atomic mass is 10.2. The number of aliphatic hydroxyl groups excluding tert-OH is 1. The van der Waals surface area contributed by atoms with Crippen molar-refractivity contribution in [3.8, 4) is 0 Å². The van der Waals surface area contributed by atoms with E-state index in [4.69, 9.17) is 4.74 Å². The molecular formula is C13H22BrN3O2. The largest absolute Gasteiger partial charge is 0.390 e. The first-order valence-corrected chi connectivity index (χ1v) is 7.48. The van der Waals surface area contributed by atoms with Crippen LogP contribution in [0.5, 0.6) is 0 Å². The maximum absolute atomic E-state index is 10.2. The monoisotopic (exact) mass is 331 g/mol. The Morgan fingerprint density at radius 2 is 2.05 bits per heavy atom. The molecule has 1 aliphatic heterocycles. The third kappa shape index (κ3) is 4.27. The van der Waals surface area contributed by atoms with Gasteiger partial charge in [-0.25, -0.2) is 0 Å². The molecule has 3 atom stereocenters. The van der Waals surface area contributed by atoms with Gasteiger partial charge in [0, 0.05) is 25.8 Å². The van der Waals surface area contributed by atoms with Crippen LogP contribution in [0.2, 0.25) is 0 Å². The number of aromatic nitrogens is 2. The quantitative estimate of drug-likeness (QED) is 0.906. The van der Waals surface area contributed by atoms with Crippen LogP contribution >= 0.6 is 15.9 Å². The Morgan fingerprint density at radius 1 is 1.42 bits per heavy atom. The summed E-state index contributed by atoms with van der Waals surface area (Å²) in [6.45, 7) is 9.03. The molecule has 1 aliphatic rings. The SMILES string of the molecule is Cc1nn(CC(O)CN2CC(C)OC(C)C2)cc1Br. The number of morpholine rings is 1. The number of rotatable bonds is 4. The van der Waals surface area contributed by atoms with Gasteiger partial charge in [0.1, 0.15) is 0 Å². The number of hydrogen-bond acceptors (Lipinski definition) is 4. The summed E-state index contributed by atoms with van der Waals surface area (Å²) in [4.78, 5) is 2.26. The van der Waals surface area contributed by atoms with Gasteiger partial charge in [0.25, 0.3) is 0 Å². The number of hydrogen-bond donors (Lipinski definition) is 1.